The van der Waals surface area contributed by atoms with E-state index in [-0.39, 0.29) is 18.2 Å². The van der Waals surface area contributed by atoms with Crippen molar-refractivity contribution in [3.8, 4) is 0 Å². The zero-order valence-electron chi connectivity index (χ0n) is 10.4. The summed E-state index contributed by atoms with van der Waals surface area (Å²) in [5.41, 5.74) is 5.84. The summed E-state index contributed by atoms with van der Waals surface area (Å²) < 4.78 is 6.52. The van der Waals surface area contributed by atoms with Gasteiger partial charge in [0.25, 0.3) is 0 Å². The molecule has 1 heterocycles. The highest BCUT2D eigenvalue weighted by Crippen LogP contribution is 2.13. The average Bonchev–Trinajstić information content (AvgIpc) is 2.71. The lowest BCUT2D eigenvalue weighted by atomic mass is 10.3. The van der Waals surface area contributed by atoms with Crippen molar-refractivity contribution in [1.82, 2.24) is 9.78 Å². The van der Waals surface area contributed by atoms with E-state index in [1.54, 1.807) is 7.05 Å². The first-order valence-electron chi connectivity index (χ1n) is 5.47. The van der Waals surface area contributed by atoms with Gasteiger partial charge < -0.3 is 21.0 Å². The number of carbonyl (C=O) groups excluding carboxylic acids is 1. The van der Waals surface area contributed by atoms with Gasteiger partial charge in [-0.3, -0.25) is 9.48 Å². The van der Waals surface area contributed by atoms with Crippen LogP contribution in [0.4, 0.5) is 5.82 Å². The van der Waals surface area contributed by atoms with Crippen molar-refractivity contribution in [2.24, 2.45) is 17.9 Å². The molecule has 0 aliphatic heterocycles. The molecule has 1 aromatic rings. The van der Waals surface area contributed by atoms with Gasteiger partial charge >= 0.3 is 0 Å². The summed E-state index contributed by atoms with van der Waals surface area (Å²) in [5.74, 6) is 0.0500. The Labute approximate surface area is 104 Å². The molecule has 1 amide bonds. The van der Waals surface area contributed by atoms with Gasteiger partial charge in [0.2, 0.25) is 5.91 Å². The number of nitrogens with two attached hydrogens (primary N) is 1. The normalized spacial score (nSPS) is 11.6. The van der Waals surface area contributed by atoms with E-state index in [2.05, 4.69) is 15.6 Å². The predicted octanol–water partition coefficient (Wildman–Crippen LogP) is -0.120. The van der Waals surface area contributed by atoms with Crippen molar-refractivity contribution in [1.29, 1.82) is 0 Å². The van der Waals surface area contributed by atoms with Crippen molar-refractivity contribution in [2.75, 3.05) is 18.5 Å². The highest BCUT2D eigenvalue weighted by atomic mass is 16.5. The number of aryl methyl sites for hydroxylation is 1. The van der Waals surface area contributed by atoms with Gasteiger partial charge in [-0.15, -0.1) is 0 Å². The summed E-state index contributed by atoms with van der Waals surface area (Å²) in [7, 11) is 1.65. The van der Waals surface area contributed by atoms with Crippen LogP contribution >= 0.6 is 0 Å². The SMILES string of the molecule is CCOCCC(=O)Nc1c(C(N)=NO)cnn1C. The fourth-order valence-corrected chi connectivity index (χ4v) is 1.33. The van der Waals surface area contributed by atoms with Gasteiger partial charge in [-0.25, -0.2) is 0 Å². The smallest absolute Gasteiger partial charge is 0.227 e. The molecular formula is C10H17N5O3. The standard InChI is InChI=1S/C10H17N5O3/c1-3-18-5-4-8(16)13-10-7(9(11)14-17)6-12-15(10)2/h6,17H,3-5H2,1-2H3,(H2,11,14)(H,13,16). The molecule has 0 aromatic carbocycles. The van der Waals surface area contributed by atoms with Gasteiger partial charge in [0.1, 0.15) is 5.82 Å². The lowest BCUT2D eigenvalue weighted by Crippen LogP contribution is -2.20. The van der Waals surface area contributed by atoms with Crippen molar-refractivity contribution in [3.63, 3.8) is 0 Å². The van der Waals surface area contributed by atoms with Crippen molar-refractivity contribution in [2.45, 2.75) is 13.3 Å². The second-order valence-corrected chi connectivity index (χ2v) is 3.51. The molecule has 1 aromatic heterocycles. The molecule has 8 heteroatoms. The zero-order valence-corrected chi connectivity index (χ0v) is 10.4. The fraction of sp³-hybridized carbons (Fsp3) is 0.500. The van der Waals surface area contributed by atoms with Crippen LogP contribution in [0.5, 0.6) is 0 Å². The molecule has 0 radical (unpaired) electrons. The van der Waals surface area contributed by atoms with Crippen molar-refractivity contribution in [3.05, 3.63) is 11.8 Å². The Balaban J connectivity index is 2.72. The van der Waals surface area contributed by atoms with Crippen LogP contribution in [-0.2, 0) is 16.6 Å². The molecule has 0 unspecified atom stereocenters. The molecule has 0 fully saturated rings. The van der Waals surface area contributed by atoms with E-state index < -0.39 is 0 Å². The van der Waals surface area contributed by atoms with Crippen LogP contribution in [0.2, 0.25) is 0 Å². The zero-order chi connectivity index (χ0) is 13.5. The van der Waals surface area contributed by atoms with Gasteiger partial charge in [-0.2, -0.15) is 5.10 Å². The third-order valence-electron chi connectivity index (χ3n) is 2.26. The lowest BCUT2D eigenvalue weighted by Gasteiger charge is -2.07. The molecule has 1 rings (SSSR count). The molecule has 100 valence electrons. The molecule has 0 bridgehead atoms. The summed E-state index contributed by atoms with van der Waals surface area (Å²) in [6.07, 6.45) is 1.64. The van der Waals surface area contributed by atoms with E-state index >= 15 is 0 Å². The second-order valence-electron chi connectivity index (χ2n) is 3.51. The predicted molar refractivity (Wildman–Crippen MR) is 65.5 cm³/mol. The van der Waals surface area contributed by atoms with Gasteiger partial charge in [0, 0.05) is 13.7 Å². The van der Waals surface area contributed by atoms with Gasteiger partial charge in [-0.05, 0) is 6.92 Å². The summed E-state index contributed by atoms with van der Waals surface area (Å²) in [4.78, 5) is 11.6. The molecule has 0 spiro atoms. The number of nitrogens with zero attached hydrogens (tertiary/aromatic N) is 3. The van der Waals surface area contributed by atoms with E-state index in [0.29, 0.717) is 24.6 Å². The molecule has 4 N–H and O–H groups in total. The van der Waals surface area contributed by atoms with E-state index in [1.165, 1.54) is 10.9 Å². The van der Waals surface area contributed by atoms with E-state index in [1.807, 2.05) is 6.92 Å². The minimum atomic E-state index is -0.223. The maximum absolute atomic E-state index is 11.6. The maximum Gasteiger partial charge on any atom is 0.227 e. The summed E-state index contributed by atoms with van der Waals surface area (Å²) in [5, 5.41) is 18.1. The molecular weight excluding hydrogens is 238 g/mol. The lowest BCUT2D eigenvalue weighted by molar-refractivity contribution is -0.117. The highest BCUT2D eigenvalue weighted by molar-refractivity contribution is 6.04. The summed E-state index contributed by atoms with van der Waals surface area (Å²) >= 11 is 0. The number of hydrogen-bond donors (Lipinski definition) is 3. The number of nitrogens with one attached hydrogen (secondary N) is 1. The van der Waals surface area contributed by atoms with E-state index in [9.17, 15) is 4.79 Å². The number of oxime groups is 1. The number of hydrogen-bond acceptors (Lipinski definition) is 5. The number of ether oxygens (including phenoxy) is 1. The van der Waals surface area contributed by atoms with Crippen LogP contribution in [0.15, 0.2) is 11.4 Å². The van der Waals surface area contributed by atoms with Gasteiger partial charge in [0.15, 0.2) is 5.84 Å². The van der Waals surface area contributed by atoms with Crippen LogP contribution in [0.3, 0.4) is 0 Å². The first-order chi connectivity index (χ1) is 8.60. The van der Waals surface area contributed by atoms with Crippen LogP contribution in [0.1, 0.15) is 18.9 Å². The van der Waals surface area contributed by atoms with Crippen LogP contribution in [-0.4, -0.2) is 39.9 Å². The minimum Gasteiger partial charge on any atom is -0.409 e. The molecule has 0 aliphatic carbocycles. The van der Waals surface area contributed by atoms with Gasteiger partial charge in [0.05, 0.1) is 24.8 Å². The Morgan fingerprint density at radius 3 is 3.06 bits per heavy atom. The summed E-state index contributed by atoms with van der Waals surface area (Å²) in [6, 6.07) is 0. The molecule has 0 saturated carbocycles. The largest absolute Gasteiger partial charge is 0.409 e. The average molecular weight is 255 g/mol. The highest BCUT2D eigenvalue weighted by Gasteiger charge is 2.14. The first-order valence-corrected chi connectivity index (χ1v) is 5.47. The minimum absolute atomic E-state index is 0.108. The molecule has 18 heavy (non-hydrogen) atoms. The Hall–Kier alpha value is -2.09. The molecule has 8 nitrogen and oxygen atoms in total. The number of amides is 1. The van der Waals surface area contributed by atoms with E-state index in [0.717, 1.165) is 0 Å². The Bertz CT molecular complexity index is 441. The number of amidine groups is 1. The number of anilines is 1. The number of rotatable bonds is 6. The Morgan fingerprint density at radius 1 is 1.72 bits per heavy atom. The third-order valence-corrected chi connectivity index (χ3v) is 2.26. The number of aromatic nitrogens is 2. The van der Waals surface area contributed by atoms with Gasteiger partial charge in [-0.1, -0.05) is 5.16 Å². The van der Waals surface area contributed by atoms with E-state index in [4.69, 9.17) is 15.7 Å². The number of carbonyl (C=O) groups is 1. The van der Waals surface area contributed by atoms with Crippen molar-refractivity contribution < 1.29 is 14.7 Å². The Morgan fingerprint density at radius 2 is 2.44 bits per heavy atom. The molecule has 0 aliphatic rings. The van der Waals surface area contributed by atoms with Crippen molar-refractivity contribution >= 4 is 17.6 Å². The third kappa shape index (κ3) is 3.45. The summed E-state index contributed by atoms with van der Waals surface area (Å²) in [6.45, 7) is 2.77. The Kier molecular flexibility index (Phi) is 5.12. The van der Waals surface area contributed by atoms with Crippen LogP contribution in [0, 0.1) is 0 Å². The molecule has 0 saturated heterocycles. The topological polar surface area (TPSA) is 115 Å². The quantitative estimate of drug-likeness (QED) is 0.215. The van der Waals surface area contributed by atoms with Crippen LogP contribution < -0.4 is 11.1 Å². The monoisotopic (exact) mass is 255 g/mol. The van der Waals surface area contributed by atoms with Crippen LogP contribution in [0.25, 0.3) is 0 Å². The first kappa shape index (κ1) is 14.0. The maximum atomic E-state index is 11.6. The second kappa shape index (κ2) is 6.60. The molecule has 0 atom stereocenters. The fourth-order valence-electron chi connectivity index (χ4n) is 1.33.